The van der Waals surface area contributed by atoms with Gasteiger partial charge in [0.15, 0.2) is 0 Å². The molecule has 1 aromatic heterocycles. The molecule has 25 heavy (non-hydrogen) atoms. The Labute approximate surface area is 154 Å². The average molecular weight is 363 g/mol. The van der Waals surface area contributed by atoms with Crippen LogP contribution in [0.5, 0.6) is 0 Å². The van der Waals surface area contributed by atoms with Gasteiger partial charge in [-0.2, -0.15) is 5.10 Å². The molecule has 1 saturated heterocycles. The van der Waals surface area contributed by atoms with Crippen LogP contribution in [0.4, 0.5) is 0 Å². The van der Waals surface area contributed by atoms with Crippen LogP contribution in [-0.2, 0) is 4.79 Å². The van der Waals surface area contributed by atoms with E-state index >= 15 is 0 Å². The third kappa shape index (κ3) is 3.26. The van der Waals surface area contributed by atoms with Gasteiger partial charge in [-0.05, 0) is 18.2 Å². The van der Waals surface area contributed by atoms with Gasteiger partial charge in [0.1, 0.15) is 4.32 Å². The molecule has 0 atom stereocenters. The number of benzene rings is 2. The van der Waals surface area contributed by atoms with Gasteiger partial charge in [-0.15, -0.1) is 0 Å². The van der Waals surface area contributed by atoms with Crippen LogP contribution in [0.3, 0.4) is 0 Å². The molecule has 1 amide bonds. The van der Waals surface area contributed by atoms with Crippen molar-refractivity contribution in [2.24, 2.45) is 0 Å². The lowest BCUT2D eigenvalue weighted by Crippen LogP contribution is -2.17. The summed E-state index contributed by atoms with van der Waals surface area (Å²) < 4.78 is 2.30. The van der Waals surface area contributed by atoms with Crippen molar-refractivity contribution in [1.82, 2.24) is 15.1 Å². The summed E-state index contributed by atoms with van der Waals surface area (Å²) in [5, 5.41) is 7.38. The van der Waals surface area contributed by atoms with Gasteiger partial charge in [0.2, 0.25) is 0 Å². The number of nitrogens with zero attached hydrogens (tertiary/aromatic N) is 2. The zero-order valence-corrected chi connectivity index (χ0v) is 14.7. The predicted octanol–water partition coefficient (Wildman–Crippen LogP) is 4.03. The largest absolute Gasteiger partial charge is 0.307 e. The maximum Gasteiger partial charge on any atom is 0.263 e. The number of hydrogen-bond donors (Lipinski definition) is 1. The molecule has 1 aliphatic heterocycles. The molecule has 4 nitrogen and oxygen atoms in total. The molecule has 1 fully saturated rings. The third-order valence-electron chi connectivity index (χ3n) is 3.74. The van der Waals surface area contributed by atoms with E-state index in [1.54, 1.807) is 0 Å². The number of hydrogen-bond acceptors (Lipinski definition) is 4. The number of carbonyl (C=O) groups excluding carboxylic acids is 1. The number of para-hydroxylation sites is 1. The fourth-order valence-corrected chi connectivity index (χ4v) is 3.62. The smallest absolute Gasteiger partial charge is 0.263 e. The minimum Gasteiger partial charge on any atom is -0.307 e. The fourth-order valence-electron chi connectivity index (χ4n) is 2.59. The third-order valence-corrected chi connectivity index (χ3v) is 4.90. The molecular formula is C19H13N3OS2. The number of carbonyl (C=O) groups is 1. The normalized spacial score (nSPS) is 15.6. The zero-order chi connectivity index (χ0) is 17.2. The Balaban J connectivity index is 1.84. The van der Waals surface area contributed by atoms with E-state index < -0.39 is 0 Å². The summed E-state index contributed by atoms with van der Waals surface area (Å²) in [7, 11) is 0. The molecule has 6 heteroatoms. The Morgan fingerprint density at radius 3 is 2.36 bits per heavy atom. The van der Waals surface area contributed by atoms with Crippen molar-refractivity contribution in [3.05, 3.63) is 77.3 Å². The standard InChI is InChI=1S/C19H13N3OS2/c23-18-16(25-19(24)20-18)11-14-12-22(15-9-5-2-6-10-15)21-17(14)13-7-3-1-4-8-13/h1-12H,(H,20,23,24). The number of thioether (sulfide) groups is 1. The van der Waals surface area contributed by atoms with E-state index in [1.807, 2.05) is 77.6 Å². The first kappa shape index (κ1) is 15.8. The highest BCUT2D eigenvalue weighted by Crippen LogP contribution is 2.30. The van der Waals surface area contributed by atoms with Crippen LogP contribution in [0.2, 0.25) is 0 Å². The van der Waals surface area contributed by atoms with Crippen LogP contribution >= 0.6 is 24.0 Å². The first-order chi connectivity index (χ1) is 12.2. The van der Waals surface area contributed by atoms with Crippen LogP contribution in [-0.4, -0.2) is 20.0 Å². The van der Waals surface area contributed by atoms with Gasteiger partial charge in [-0.1, -0.05) is 72.5 Å². The maximum absolute atomic E-state index is 12.0. The van der Waals surface area contributed by atoms with E-state index in [9.17, 15) is 4.79 Å². The summed E-state index contributed by atoms with van der Waals surface area (Å²) in [5.41, 5.74) is 3.65. The summed E-state index contributed by atoms with van der Waals surface area (Å²) in [5.74, 6) is -0.165. The van der Waals surface area contributed by atoms with Gasteiger partial charge < -0.3 is 5.32 Å². The second kappa shape index (κ2) is 6.66. The second-order valence-corrected chi connectivity index (χ2v) is 7.15. The van der Waals surface area contributed by atoms with Crippen molar-refractivity contribution >= 4 is 40.3 Å². The molecule has 122 valence electrons. The lowest BCUT2D eigenvalue weighted by atomic mass is 10.1. The van der Waals surface area contributed by atoms with Gasteiger partial charge in [0.05, 0.1) is 16.3 Å². The summed E-state index contributed by atoms with van der Waals surface area (Å²) in [6.45, 7) is 0. The van der Waals surface area contributed by atoms with E-state index in [2.05, 4.69) is 5.32 Å². The Morgan fingerprint density at radius 1 is 1.04 bits per heavy atom. The summed E-state index contributed by atoms with van der Waals surface area (Å²) >= 11 is 6.34. The molecule has 0 unspecified atom stereocenters. The van der Waals surface area contributed by atoms with Gasteiger partial charge >= 0.3 is 0 Å². The molecule has 0 bridgehead atoms. The van der Waals surface area contributed by atoms with Crippen molar-refractivity contribution in [1.29, 1.82) is 0 Å². The Hall–Kier alpha value is -2.70. The molecule has 4 rings (SSSR count). The summed E-state index contributed by atoms with van der Waals surface area (Å²) in [6, 6.07) is 19.8. The number of thiocarbonyl (C=S) groups is 1. The minimum atomic E-state index is -0.165. The molecule has 3 aromatic rings. The number of rotatable bonds is 3. The van der Waals surface area contributed by atoms with Crippen LogP contribution in [0.15, 0.2) is 71.8 Å². The van der Waals surface area contributed by atoms with Crippen LogP contribution < -0.4 is 5.32 Å². The minimum absolute atomic E-state index is 0.165. The Bertz CT molecular complexity index is 978. The van der Waals surface area contributed by atoms with E-state index in [0.717, 1.165) is 22.5 Å². The fraction of sp³-hybridized carbons (Fsp3) is 0. The van der Waals surface area contributed by atoms with Crippen molar-refractivity contribution in [2.45, 2.75) is 0 Å². The van der Waals surface area contributed by atoms with Crippen molar-refractivity contribution in [2.75, 3.05) is 0 Å². The Morgan fingerprint density at radius 2 is 1.72 bits per heavy atom. The second-order valence-electron chi connectivity index (χ2n) is 5.43. The first-order valence-electron chi connectivity index (χ1n) is 7.66. The lowest BCUT2D eigenvalue weighted by Gasteiger charge is -2.00. The van der Waals surface area contributed by atoms with Gasteiger partial charge in [0, 0.05) is 17.3 Å². The van der Waals surface area contributed by atoms with Gasteiger partial charge in [-0.3, -0.25) is 4.79 Å². The lowest BCUT2D eigenvalue weighted by molar-refractivity contribution is -0.115. The molecule has 1 N–H and O–H groups in total. The van der Waals surface area contributed by atoms with E-state index in [0.29, 0.717) is 9.23 Å². The SMILES string of the molecule is O=C1NC(=S)SC1=Cc1cn(-c2ccccc2)nc1-c1ccccc1. The topological polar surface area (TPSA) is 46.9 Å². The molecule has 2 aromatic carbocycles. The molecule has 0 aliphatic carbocycles. The van der Waals surface area contributed by atoms with Crippen LogP contribution in [0.1, 0.15) is 5.56 Å². The van der Waals surface area contributed by atoms with Gasteiger partial charge in [0.25, 0.3) is 5.91 Å². The van der Waals surface area contributed by atoms with Crippen LogP contribution in [0.25, 0.3) is 23.0 Å². The van der Waals surface area contributed by atoms with Crippen molar-refractivity contribution in [3.63, 3.8) is 0 Å². The highest BCUT2D eigenvalue weighted by atomic mass is 32.2. The van der Waals surface area contributed by atoms with Crippen molar-refractivity contribution in [3.8, 4) is 16.9 Å². The summed E-state index contributed by atoms with van der Waals surface area (Å²) in [4.78, 5) is 12.6. The first-order valence-corrected chi connectivity index (χ1v) is 8.88. The summed E-state index contributed by atoms with van der Waals surface area (Å²) in [6.07, 6.45) is 3.77. The predicted molar refractivity (Wildman–Crippen MR) is 105 cm³/mol. The van der Waals surface area contributed by atoms with Gasteiger partial charge in [-0.25, -0.2) is 4.68 Å². The molecule has 0 spiro atoms. The number of aromatic nitrogens is 2. The van der Waals surface area contributed by atoms with E-state index in [-0.39, 0.29) is 5.91 Å². The number of amides is 1. The maximum atomic E-state index is 12.0. The quantitative estimate of drug-likeness (QED) is 0.564. The molecule has 0 radical (unpaired) electrons. The Kier molecular flexibility index (Phi) is 4.21. The molecule has 1 aliphatic rings. The van der Waals surface area contributed by atoms with E-state index in [4.69, 9.17) is 17.3 Å². The van der Waals surface area contributed by atoms with E-state index in [1.165, 1.54) is 11.8 Å². The van der Waals surface area contributed by atoms with Crippen LogP contribution in [0, 0.1) is 0 Å². The molecule has 2 heterocycles. The molecule has 0 saturated carbocycles. The van der Waals surface area contributed by atoms with Crippen molar-refractivity contribution < 1.29 is 4.79 Å². The zero-order valence-electron chi connectivity index (χ0n) is 13.0. The highest BCUT2D eigenvalue weighted by molar-refractivity contribution is 8.26. The average Bonchev–Trinajstić information content (AvgIpc) is 3.20. The molecular weight excluding hydrogens is 350 g/mol. The highest BCUT2D eigenvalue weighted by Gasteiger charge is 2.23. The number of nitrogens with one attached hydrogen (secondary N) is 1. The monoisotopic (exact) mass is 363 g/mol.